The number of primary amides is 1. The van der Waals surface area contributed by atoms with Crippen molar-refractivity contribution in [1.29, 1.82) is 0 Å². The number of nitrogens with zero attached hydrogens (tertiary/aromatic N) is 1. The molecule has 0 aliphatic heterocycles. The molecule has 4 rings (SSSR count). The fourth-order valence-electron chi connectivity index (χ4n) is 4.12. The molecule has 0 saturated heterocycles. The van der Waals surface area contributed by atoms with Crippen LogP contribution in [0.4, 0.5) is 13.2 Å². The van der Waals surface area contributed by atoms with E-state index in [-0.39, 0.29) is 30.5 Å². The van der Waals surface area contributed by atoms with Gasteiger partial charge in [0.2, 0.25) is 0 Å². The van der Waals surface area contributed by atoms with Gasteiger partial charge in [0.25, 0.3) is 11.8 Å². The second kappa shape index (κ2) is 13.1. The smallest absolute Gasteiger partial charge is 0.484 e. The van der Waals surface area contributed by atoms with Gasteiger partial charge in [0.1, 0.15) is 22.2 Å². The molecule has 0 fully saturated rings. The molecule has 3 N–H and O–H groups in total. The van der Waals surface area contributed by atoms with Crippen LogP contribution in [0.2, 0.25) is 0 Å². The van der Waals surface area contributed by atoms with Crippen molar-refractivity contribution >= 4 is 23.2 Å². The summed E-state index contributed by atoms with van der Waals surface area (Å²) in [7, 11) is 0. The number of carbonyl (C=O) groups is 2. The van der Waals surface area contributed by atoms with Crippen molar-refractivity contribution in [3.8, 4) is 11.5 Å². The Bertz CT molecular complexity index is 1370. The van der Waals surface area contributed by atoms with E-state index in [1.807, 2.05) is 36.4 Å². The quantitative estimate of drug-likeness (QED) is 0.231. The number of nitrogens with two attached hydrogens (primary N) is 1. The van der Waals surface area contributed by atoms with Gasteiger partial charge in [-0.1, -0.05) is 60.7 Å². The van der Waals surface area contributed by atoms with Crippen LogP contribution in [0, 0.1) is 0 Å². The number of hydrogen-bond acceptors (Lipinski definition) is 6. The summed E-state index contributed by atoms with van der Waals surface area (Å²) in [5.41, 5.74) is 8.10. The maximum Gasteiger partial charge on any atom is 0.573 e. The first-order valence-electron chi connectivity index (χ1n) is 12.3. The number of aromatic nitrogens is 1. The van der Waals surface area contributed by atoms with Crippen molar-refractivity contribution in [1.82, 2.24) is 10.3 Å². The number of halogens is 3. The number of aryl methyl sites for hydroxylation is 1. The number of hydrogen-bond donors (Lipinski definition) is 2. The number of alkyl halides is 3. The van der Waals surface area contributed by atoms with Crippen LogP contribution in [0.1, 0.15) is 43.8 Å². The van der Waals surface area contributed by atoms with Crippen LogP contribution in [-0.2, 0) is 17.8 Å². The van der Waals surface area contributed by atoms with Crippen molar-refractivity contribution in [2.75, 3.05) is 6.61 Å². The summed E-state index contributed by atoms with van der Waals surface area (Å²) in [5.74, 6) is -1.20. The van der Waals surface area contributed by atoms with Crippen LogP contribution in [-0.4, -0.2) is 29.8 Å². The lowest BCUT2D eigenvalue weighted by atomic mass is 9.87. The van der Waals surface area contributed by atoms with Gasteiger partial charge >= 0.3 is 6.36 Å². The van der Waals surface area contributed by atoms with Crippen molar-refractivity contribution < 1.29 is 32.2 Å². The van der Waals surface area contributed by atoms with E-state index < -0.39 is 23.9 Å². The Morgan fingerprint density at radius 1 is 0.900 bits per heavy atom. The van der Waals surface area contributed by atoms with E-state index in [0.29, 0.717) is 11.4 Å². The lowest BCUT2D eigenvalue weighted by Crippen LogP contribution is -2.28. The van der Waals surface area contributed by atoms with Crippen molar-refractivity contribution in [2.24, 2.45) is 5.73 Å². The molecule has 208 valence electrons. The van der Waals surface area contributed by atoms with Crippen LogP contribution < -0.4 is 20.5 Å². The average Bonchev–Trinajstić information content (AvgIpc) is 3.35. The number of carbonyl (C=O) groups excluding carboxylic acids is 2. The van der Waals surface area contributed by atoms with Crippen LogP contribution in [0.25, 0.3) is 0 Å². The molecule has 0 saturated carbocycles. The molecule has 3 aromatic carbocycles. The molecule has 0 atom stereocenters. The fraction of sp³-hybridized carbons (Fsp3) is 0.207. The standard InChI is InChI=1S/C29H26F3N3O4S/c30-29(31,32)39-22-13-11-21(12-14-22)38-18-25(36)34-17-26-35-27(28(33)37)24(40-26)16-15-23(19-7-3-1-4-8-19)20-9-5-2-6-10-20/h1-14,23H,15-18H2,(H2,33,37)(H,34,36). The number of rotatable bonds is 12. The Kier molecular flexibility index (Phi) is 9.39. The number of amides is 2. The van der Waals surface area contributed by atoms with Gasteiger partial charge in [-0.25, -0.2) is 4.98 Å². The summed E-state index contributed by atoms with van der Waals surface area (Å²) >= 11 is 1.31. The monoisotopic (exact) mass is 569 g/mol. The minimum atomic E-state index is -4.79. The van der Waals surface area contributed by atoms with E-state index in [2.05, 4.69) is 39.3 Å². The first-order chi connectivity index (χ1) is 19.2. The summed E-state index contributed by atoms with van der Waals surface area (Å²) in [6, 6.07) is 24.9. The lowest BCUT2D eigenvalue weighted by molar-refractivity contribution is -0.274. The first-order valence-corrected chi connectivity index (χ1v) is 13.1. The van der Waals surface area contributed by atoms with Crippen LogP contribution in [0.5, 0.6) is 11.5 Å². The lowest BCUT2D eigenvalue weighted by Gasteiger charge is -2.18. The van der Waals surface area contributed by atoms with Gasteiger partial charge in [-0.2, -0.15) is 0 Å². The third-order valence-electron chi connectivity index (χ3n) is 5.90. The normalized spacial score (nSPS) is 11.3. The molecule has 2 amide bonds. The Balaban J connectivity index is 1.35. The SMILES string of the molecule is NC(=O)c1nc(CNC(=O)COc2ccc(OC(F)(F)F)cc2)sc1CCC(c1ccccc1)c1ccccc1. The molecule has 0 aliphatic carbocycles. The largest absolute Gasteiger partial charge is 0.573 e. The second-order valence-electron chi connectivity index (χ2n) is 8.74. The van der Waals surface area contributed by atoms with E-state index in [4.69, 9.17) is 10.5 Å². The van der Waals surface area contributed by atoms with Crippen molar-refractivity contribution in [2.45, 2.75) is 31.7 Å². The van der Waals surface area contributed by atoms with Crippen molar-refractivity contribution in [3.05, 3.63) is 112 Å². The highest BCUT2D eigenvalue weighted by atomic mass is 32.1. The zero-order chi connectivity index (χ0) is 28.5. The Morgan fingerprint density at radius 2 is 1.48 bits per heavy atom. The predicted octanol–water partition coefficient (Wildman–Crippen LogP) is 5.60. The summed E-state index contributed by atoms with van der Waals surface area (Å²) < 4.78 is 45.9. The van der Waals surface area contributed by atoms with Gasteiger partial charge in [-0.15, -0.1) is 24.5 Å². The average molecular weight is 570 g/mol. The summed E-state index contributed by atoms with van der Waals surface area (Å²) in [6.07, 6.45) is -3.50. The summed E-state index contributed by atoms with van der Waals surface area (Å²) in [4.78, 5) is 29.5. The van der Waals surface area contributed by atoms with Crippen LogP contribution in [0.15, 0.2) is 84.9 Å². The molecule has 4 aromatic rings. The van der Waals surface area contributed by atoms with E-state index in [1.165, 1.54) is 23.5 Å². The van der Waals surface area contributed by atoms with Gasteiger partial charge in [0.05, 0.1) is 6.54 Å². The molecule has 0 aliphatic rings. The molecule has 1 aromatic heterocycles. The summed E-state index contributed by atoms with van der Waals surface area (Å²) in [6.45, 7) is -0.303. The molecule has 0 spiro atoms. The zero-order valence-electron chi connectivity index (χ0n) is 21.2. The molecule has 7 nitrogen and oxygen atoms in total. The molecular formula is C29H26F3N3O4S. The molecule has 0 unspecified atom stereocenters. The highest BCUT2D eigenvalue weighted by molar-refractivity contribution is 7.11. The molecule has 11 heteroatoms. The minimum Gasteiger partial charge on any atom is -0.484 e. The molecule has 0 radical (unpaired) electrons. The third kappa shape index (κ3) is 8.31. The van der Waals surface area contributed by atoms with Crippen LogP contribution >= 0.6 is 11.3 Å². The molecule has 40 heavy (non-hydrogen) atoms. The minimum absolute atomic E-state index is 0.0618. The molecule has 0 bridgehead atoms. The Hall–Kier alpha value is -4.38. The van der Waals surface area contributed by atoms with Gasteiger partial charge in [-0.05, 0) is 48.2 Å². The highest BCUT2D eigenvalue weighted by Gasteiger charge is 2.31. The number of ether oxygens (including phenoxy) is 2. The van der Waals surface area contributed by atoms with Gasteiger partial charge in [0, 0.05) is 10.8 Å². The fourth-order valence-corrected chi connectivity index (χ4v) is 5.15. The Labute approximate surface area is 232 Å². The summed E-state index contributed by atoms with van der Waals surface area (Å²) in [5, 5.41) is 3.18. The van der Waals surface area contributed by atoms with Crippen LogP contribution in [0.3, 0.4) is 0 Å². The van der Waals surface area contributed by atoms with E-state index in [9.17, 15) is 22.8 Å². The van der Waals surface area contributed by atoms with Gasteiger partial charge < -0.3 is 20.5 Å². The predicted molar refractivity (Wildman–Crippen MR) is 144 cm³/mol. The molecule has 1 heterocycles. The number of thiazole rings is 1. The first kappa shape index (κ1) is 28.6. The van der Waals surface area contributed by atoms with E-state index in [0.717, 1.165) is 34.6 Å². The number of benzene rings is 3. The van der Waals surface area contributed by atoms with E-state index in [1.54, 1.807) is 0 Å². The van der Waals surface area contributed by atoms with Gasteiger partial charge in [-0.3, -0.25) is 9.59 Å². The molecular weight excluding hydrogens is 543 g/mol. The van der Waals surface area contributed by atoms with Crippen molar-refractivity contribution in [3.63, 3.8) is 0 Å². The zero-order valence-corrected chi connectivity index (χ0v) is 22.0. The van der Waals surface area contributed by atoms with E-state index >= 15 is 0 Å². The van der Waals surface area contributed by atoms with Gasteiger partial charge in [0.15, 0.2) is 6.61 Å². The third-order valence-corrected chi connectivity index (χ3v) is 7.02. The maximum absolute atomic E-state index is 12.3. The topological polar surface area (TPSA) is 104 Å². The number of nitrogens with one attached hydrogen (secondary N) is 1. The Morgan fingerprint density at radius 3 is 2.02 bits per heavy atom. The second-order valence-corrected chi connectivity index (χ2v) is 9.91. The highest BCUT2D eigenvalue weighted by Crippen LogP contribution is 2.31. The maximum atomic E-state index is 12.3.